The van der Waals surface area contributed by atoms with Gasteiger partial charge in [0.2, 0.25) is 0 Å². The maximum atomic E-state index is 12.1. The predicted octanol–water partition coefficient (Wildman–Crippen LogP) is 2.24. The van der Waals surface area contributed by atoms with Gasteiger partial charge in [-0.15, -0.1) is 0 Å². The Bertz CT molecular complexity index is 553. The van der Waals surface area contributed by atoms with Gasteiger partial charge in [-0.2, -0.15) is 0 Å². The number of halogens is 1. The van der Waals surface area contributed by atoms with Gasteiger partial charge in [0.25, 0.3) is 0 Å². The molecule has 0 fully saturated rings. The summed E-state index contributed by atoms with van der Waals surface area (Å²) in [6.07, 6.45) is 0.337. The number of ether oxygens (including phenoxy) is 1. The molecule has 0 saturated heterocycles. The van der Waals surface area contributed by atoms with Crippen molar-refractivity contribution in [1.29, 1.82) is 0 Å². The summed E-state index contributed by atoms with van der Waals surface area (Å²) in [7, 11) is -3.60. The fourth-order valence-corrected chi connectivity index (χ4v) is 3.34. The normalized spacial score (nSPS) is 11.5. The topological polar surface area (TPSA) is 80.7 Å². The quantitative estimate of drug-likeness (QED) is 0.781. The first-order chi connectivity index (χ1) is 8.88. The van der Waals surface area contributed by atoms with Crippen LogP contribution in [0.4, 0.5) is 0 Å². The molecule has 0 bridgehead atoms. The van der Waals surface area contributed by atoms with Crippen LogP contribution in [0.1, 0.15) is 23.7 Å². The molecule has 0 aliphatic carbocycles. The van der Waals surface area contributed by atoms with Crippen molar-refractivity contribution >= 4 is 27.4 Å². The second kappa shape index (κ2) is 6.88. The lowest BCUT2D eigenvalue weighted by Crippen LogP contribution is -2.11. The Labute approximate surface area is 117 Å². The molecule has 19 heavy (non-hydrogen) atoms. The Balaban J connectivity index is 2.94. The molecule has 0 spiro atoms. The van der Waals surface area contributed by atoms with Crippen LogP contribution < -0.4 is 0 Å². The molecule has 1 aromatic rings. The average molecular weight is 307 g/mol. The van der Waals surface area contributed by atoms with E-state index in [1.807, 2.05) is 6.92 Å². The highest BCUT2D eigenvalue weighted by molar-refractivity contribution is 7.91. The minimum absolute atomic E-state index is 0.0291. The molecule has 7 heteroatoms. The molecular weight excluding hydrogens is 292 g/mol. The lowest BCUT2D eigenvalue weighted by atomic mass is 10.2. The van der Waals surface area contributed by atoms with E-state index in [9.17, 15) is 13.2 Å². The monoisotopic (exact) mass is 306 g/mol. The van der Waals surface area contributed by atoms with E-state index in [0.717, 1.165) is 6.07 Å². The molecule has 0 heterocycles. The third-order valence-corrected chi connectivity index (χ3v) is 4.69. The number of rotatable bonds is 7. The number of hydrogen-bond acceptors (Lipinski definition) is 4. The third kappa shape index (κ3) is 4.49. The van der Waals surface area contributed by atoms with Gasteiger partial charge in [-0.25, -0.2) is 13.2 Å². The van der Waals surface area contributed by atoms with E-state index in [0.29, 0.717) is 19.6 Å². The van der Waals surface area contributed by atoms with Gasteiger partial charge < -0.3 is 9.84 Å². The molecule has 0 saturated carbocycles. The molecule has 0 amide bonds. The highest BCUT2D eigenvalue weighted by Gasteiger charge is 2.19. The summed E-state index contributed by atoms with van der Waals surface area (Å²) in [6.45, 7) is 2.68. The largest absolute Gasteiger partial charge is 0.478 e. The van der Waals surface area contributed by atoms with Crippen molar-refractivity contribution < 1.29 is 23.1 Å². The van der Waals surface area contributed by atoms with E-state index in [1.54, 1.807) is 0 Å². The molecule has 1 rings (SSSR count). The summed E-state index contributed by atoms with van der Waals surface area (Å²) in [6, 6.07) is 3.63. The van der Waals surface area contributed by atoms with E-state index in [1.165, 1.54) is 12.1 Å². The van der Waals surface area contributed by atoms with Crippen LogP contribution in [0.2, 0.25) is 5.02 Å². The van der Waals surface area contributed by atoms with E-state index >= 15 is 0 Å². The zero-order chi connectivity index (χ0) is 14.5. The molecule has 0 aliphatic heterocycles. The maximum absolute atomic E-state index is 12.1. The first-order valence-corrected chi connectivity index (χ1v) is 7.75. The van der Waals surface area contributed by atoms with Gasteiger partial charge >= 0.3 is 5.97 Å². The zero-order valence-electron chi connectivity index (χ0n) is 10.4. The van der Waals surface area contributed by atoms with Gasteiger partial charge in [0, 0.05) is 13.2 Å². The second-order valence-electron chi connectivity index (χ2n) is 3.82. The Morgan fingerprint density at radius 1 is 1.42 bits per heavy atom. The van der Waals surface area contributed by atoms with Crippen molar-refractivity contribution in [3.63, 3.8) is 0 Å². The third-order valence-electron chi connectivity index (χ3n) is 2.42. The highest BCUT2D eigenvalue weighted by atomic mass is 35.5. The lowest BCUT2D eigenvalue weighted by molar-refractivity contribution is 0.0696. The first kappa shape index (κ1) is 15.9. The van der Waals surface area contributed by atoms with Gasteiger partial charge in [0.15, 0.2) is 9.84 Å². The van der Waals surface area contributed by atoms with Crippen molar-refractivity contribution in [2.24, 2.45) is 0 Å². The van der Waals surface area contributed by atoms with E-state index in [2.05, 4.69) is 0 Å². The van der Waals surface area contributed by atoms with Gasteiger partial charge in [-0.1, -0.05) is 11.6 Å². The summed E-state index contributed by atoms with van der Waals surface area (Å²) in [5.74, 6) is -1.32. The summed E-state index contributed by atoms with van der Waals surface area (Å²) >= 11 is 5.82. The lowest BCUT2D eigenvalue weighted by Gasteiger charge is -2.07. The van der Waals surface area contributed by atoms with Crippen LogP contribution in [0.3, 0.4) is 0 Å². The maximum Gasteiger partial charge on any atom is 0.335 e. The van der Waals surface area contributed by atoms with E-state index < -0.39 is 15.8 Å². The number of hydrogen-bond donors (Lipinski definition) is 1. The highest BCUT2D eigenvalue weighted by Crippen LogP contribution is 2.24. The number of aromatic carboxylic acids is 1. The molecule has 1 aromatic carbocycles. The molecule has 106 valence electrons. The summed E-state index contributed by atoms with van der Waals surface area (Å²) in [5, 5.41) is 8.88. The van der Waals surface area contributed by atoms with Crippen molar-refractivity contribution in [3.05, 3.63) is 28.8 Å². The van der Waals surface area contributed by atoms with Gasteiger partial charge in [0.05, 0.1) is 21.2 Å². The Morgan fingerprint density at radius 2 is 2.11 bits per heavy atom. The molecular formula is C12H15ClO5S. The van der Waals surface area contributed by atoms with Crippen LogP contribution in [-0.2, 0) is 14.6 Å². The van der Waals surface area contributed by atoms with Crippen molar-refractivity contribution in [3.8, 4) is 0 Å². The molecule has 0 aliphatic rings. The van der Waals surface area contributed by atoms with Crippen molar-refractivity contribution in [1.82, 2.24) is 0 Å². The standard InChI is InChI=1S/C12H15ClO5S/c1-2-18-6-3-7-19(16,17)11-8-9(12(14)15)4-5-10(11)13/h4-5,8H,2-3,6-7H2,1H3,(H,14,15). The molecule has 0 unspecified atom stereocenters. The average Bonchev–Trinajstić information content (AvgIpc) is 2.34. The number of sulfone groups is 1. The van der Waals surface area contributed by atoms with Gasteiger partial charge in [-0.05, 0) is 31.5 Å². The van der Waals surface area contributed by atoms with E-state index in [4.69, 9.17) is 21.4 Å². The van der Waals surface area contributed by atoms with Crippen LogP contribution in [0.15, 0.2) is 23.1 Å². The fourth-order valence-electron chi connectivity index (χ4n) is 1.48. The van der Waals surface area contributed by atoms with Crippen LogP contribution in [0.25, 0.3) is 0 Å². The predicted molar refractivity (Wildman–Crippen MR) is 71.6 cm³/mol. The fraction of sp³-hybridized carbons (Fsp3) is 0.417. The van der Waals surface area contributed by atoms with Gasteiger partial charge in [-0.3, -0.25) is 0 Å². The second-order valence-corrected chi connectivity index (χ2v) is 6.30. The number of carbonyl (C=O) groups is 1. The number of carboxylic acids is 1. The molecule has 1 N–H and O–H groups in total. The minimum atomic E-state index is -3.60. The smallest absolute Gasteiger partial charge is 0.335 e. The van der Waals surface area contributed by atoms with Crippen molar-refractivity contribution in [2.75, 3.05) is 19.0 Å². The molecule has 5 nitrogen and oxygen atoms in total. The van der Waals surface area contributed by atoms with Gasteiger partial charge in [0.1, 0.15) is 0 Å². The SMILES string of the molecule is CCOCCCS(=O)(=O)c1cc(C(=O)O)ccc1Cl. The Morgan fingerprint density at radius 3 is 2.68 bits per heavy atom. The number of benzene rings is 1. The van der Waals surface area contributed by atoms with Crippen molar-refractivity contribution in [2.45, 2.75) is 18.2 Å². The van der Waals surface area contributed by atoms with Crippen LogP contribution in [0.5, 0.6) is 0 Å². The summed E-state index contributed by atoms with van der Waals surface area (Å²) < 4.78 is 29.2. The summed E-state index contributed by atoms with van der Waals surface area (Å²) in [5.41, 5.74) is -0.104. The van der Waals surface area contributed by atoms with Crippen LogP contribution in [-0.4, -0.2) is 38.5 Å². The molecule has 0 aromatic heterocycles. The van der Waals surface area contributed by atoms with Crippen LogP contribution in [0, 0.1) is 0 Å². The Kier molecular flexibility index (Phi) is 5.78. The van der Waals surface area contributed by atoms with E-state index in [-0.39, 0.29) is 21.2 Å². The molecule has 0 radical (unpaired) electrons. The van der Waals surface area contributed by atoms with Crippen LogP contribution >= 0.6 is 11.6 Å². The number of carboxylic acid groups (broad SMARTS) is 1. The Hall–Kier alpha value is -1.11. The first-order valence-electron chi connectivity index (χ1n) is 5.72. The summed E-state index contributed by atoms with van der Waals surface area (Å²) in [4.78, 5) is 10.7. The zero-order valence-corrected chi connectivity index (χ0v) is 12.0. The minimum Gasteiger partial charge on any atom is -0.478 e. The molecule has 0 atom stereocenters.